The molecule has 0 aromatic heterocycles. The Labute approximate surface area is 426 Å². The second kappa shape index (κ2) is 19.2. The highest BCUT2D eigenvalue weighted by atomic mass is 32.2. The van der Waals surface area contributed by atoms with Crippen molar-refractivity contribution in [3.8, 4) is 11.5 Å². The van der Waals surface area contributed by atoms with Gasteiger partial charge in [-0.3, -0.25) is 38.9 Å². The predicted octanol–water partition coefficient (Wildman–Crippen LogP) is 7.96. The average molecular weight is 1100 g/mol. The first-order chi connectivity index (χ1) is 35.3. The number of aliphatic hydroxyl groups excluding tert-OH is 1. The molecule has 22 nitrogen and oxygen atoms in total. The zero-order valence-electron chi connectivity index (χ0n) is 38.3. The quantitative estimate of drug-likeness (QED) is 0.0200. The number of amides is 1. The molecule has 75 heavy (non-hydrogen) atoms. The maximum Gasteiger partial charge on any atom is 0.296 e. The summed E-state index contributed by atoms with van der Waals surface area (Å²) in [5.74, 6) is -2.74. The Kier molecular flexibility index (Phi) is 13.2. The van der Waals surface area contributed by atoms with Crippen LogP contribution in [0.1, 0.15) is 22.1 Å². The Morgan fingerprint density at radius 1 is 0.507 bits per heavy atom. The van der Waals surface area contributed by atoms with Gasteiger partial charge in [0.25, 0.3) is 46.4 Å². The SMILES string of the molecule is CN(Nc1c(S(=O)(=O)O)cc2cc(S(=O)(=O)O)cc(NC(=O)c3ccc(C(O)Nc4cc(S(=O)(=O)O)cc5cc(S(=O)(=O)O)c(NNc6cccc7ccccc67)c(O)c45)cc3)c2c1O)c1cccc2ccccc12. The van der Waals surface area contributed by atoms with Crippen molar-refractivity contribution >= 4 is 124 Å². The maximum absolute atomic E-state index is 13.9. The minimum atomic E-state index is -5.19. The van der Waals surface area contributed by atoms with Crippen molar-refractivity contribution in [1.29, 1.82) is 0 Å². The van der Waals surface area contributed by atoms with E-state index in [9.17, 15) is 72.0 Å². The van der Waals surface area contributed by atoms with Crippen LogP contribution in [0.15, 0.2) is 165 Å². The molecule has 0 bridgehead atoms. The third-order valence-corrected chi connectivity index (χ3v) is 15.4. The van der Waals surface area contributed by atoms with Crippen molar-refractivity contribution in [2.24, 2.45) is 0 Å². The number of hydrazine groups is 2. The Morgan fingerprint density at radius 2 is 1.00 bits per heavy atom. The Morgan fingerprint density at radius 3 is 1.59 bits per heavy atom. The van der Waals surface area contributed by atoms with Gasteiger partial charge >= 0.3 is 0 Å². The van der Waals surface area contributed by atoms with Gasteiger partial charge in [-0.2, -0.15) is 33.7 Å². The lowest BCUT2D eigenvalue weighted by atomic mass is 10.0. The Balaban J connectivity index is 1.05. The van der Waals surface area contributed by atoms with E-state index in [1.54, 1.807) is 60.7 Å². The van der Waals surface area contributed by atoms with Crippen molar-refractivity contribution in [3.05, 3.63) is 157 Å². The number of fused-ring (bicyclic) bond motifs is 4. The summed E-state index contributed by atoms with van der Waals surface area (Å²) in [4.78, 5) is 10.4. The number of carbonyl (C=O) groups is 1. The third kappa shape index (κ3) is 10.3. The Bertz CT molecular complexity index is 4310. The lowest BCUT2D eigenvalue weighted by Gasteiger charge is -2.26. The summed E-state index contributed by atoms with van der Waals surface area (Å²) in [6.45, 7) is 0. The van der Waals surface area contributed by atoms with Crippen molar-refractivity contribution in [3.63, 3.8) is 0 Å². The van der Waals surface area contributed by atoms with Gasteiger partial charge in [0.1, 0.15) is 21.2 Å². The highest BCUT2D eigenvalue weighted by Gasteiger charge is 2.29. The normalized spacial score (nSPS) is 12.7. The average Bonchev–Trinajstić information content (AvgIpc) is 3.36. The van der Waals surface area contributed by atoms with Gasteiger partial charge in [-0.25, -0.2) is 0 Å². The second-order valence-electron chi connectivity index (χ2n) is 16.8. The van der Waals surface area contributed by atoms with Gasteiger partial charge < -0.3 is 31.4 Å². The van der Waals surface area contributed by atoms with Gasteiger partial charge in [-0.1, -0.05) is 84.9 Å². The van der Waals surface area contributed by atoms with Crippen LogP contribution >= 0.6 is 0 Å². The molecule has 0 aliphatic carbocycles. The summed E-state index contributed by atoms with van der Waals surface area (Å²) >= 11 is 0. The lowest BCUT2D eigenvalue weighted by Crippen LogP contribution is -2.26. The molecule has 12 N–H and O–H groups in total. The Hall–Kier alpha value is -8.31. The number of anilines is 6. The lowest BCUT2D eigenvalue weighted by molar-refractivity contribution is 0.102. The first-order valence-electron chi connectivity index (χ1n) is 21.7. The van der Waals surface area contributed by atoms with E-state index in [1.165, 1.54) is 36.3 Å². The number of benzene rings is 9. The minimum Gasteiger partial charge on any atom is -0.505 e. The van der Waals surface area contributed by atoms with Crippen LogP contribution in [0.5, 0.6) is 11.5 Å². The van der Waals surface area contributed by atoms with Crippen molar-refractivity contribution in [2.75, 3.05) is 39.0 Å². The number of rotatable bonds is 15. The molecular weight excluding hydrogens is 1060 g/mol. The fourth-order valence-electron chi connectivity index (χ4n) is 8.52. The smallest absolute Gasteiger partial charge is 0.296 e. The molecule has 1 unspecified atom stereocenters. The molecule has 26 heteroatoms. The standard InChI is InChI=1S/C49H40N6O16S4/c1-55(39-15-7-11-27-9-3-5-13-35(27)39)54-45-41(75(69,70)71)23-31-21-33(73(63,64)65)25-38(43(31)47(45)57)51-49(59)29-18-16-28(17-19-29)48(58)50-37-24-32(72(60,61)62)20-30-22-40(74(66,67)68)44(46(56)42(30)37)53-52-36-14-6-10-26-8-2-4-12-34(26)36/h2-25,48,50,52-54,56-58H,1H3,(H,51,59)(H,60,61,62)(H,63,64,65)(H,66,67,68)(H,69,70,71). The summed E-state index contributed by atoms with van der Waals surface area (Å²) < 4.78 is 142. The van der Waals surface area contributed by atoms with E-state index in [-0.39, 0.29) is 38.4 Å². The number of nitrogens with one attached hydrogen (secondary N) is 5. The van der Waals surface area contributed by atoms with E-state index < -0.39 is 101 Å². The van der Waals surface area contributed by atoms with E-state index in [4.69, 9.17) is 0 Å². The highest BCUT2D eigenvalue weighted by molar-refractivity contribution is 7.86. The van der Waals surface area contributed by atoms with Gasteiger partial charge in [-0.05, 0) is 82.2 Å². The van der Waals surface area contributed by atoms with E-state index >= 15 is 0 Å². The van der Waals surface area contributed by atoms with Gasteiger partial charge in [0.15, 0.2) is 17.7 Å². The molecule has 0 fully saturated rings. The molecule has 0 aliphatic heterocycles. The first kappa shape index (κ1) is 51.6. The minimum absolute atomic E-state index is 0.0257. The van der Waals surface area contributed by atoms with E-state index in [2.05, 4.69) is 26.9 Å². The summed E-state index contributed by atoms with van der Waals surface area (Å²) in [7, 11) is -19.0. The predicted molar refractivity (Wildman–Crippen MR) is 281 cm³/mol. The van der Waals surface area contributed by atoms with Gasteiger partial charge in [-0.15, -0.1) is 0 Å². The fraction of sp³-hybridized carbons (Fsp3) is 0.0408. The molecule has 0 radical (unpaired) electrons. The van der Waals surface area contributed by atoms with Crippen LogP contribution in [0, 0.1) is 0 Å². The largest absolute Gasteiger partial charge is 0.505 e. The molecule has 0 heterocycles. The summed E-state index contributed by atoms with van der Waals surface area (Å²) in [5, 5.41) is 43.0. The van der Waals surface area contributed by atoms with E-state index in [1.807, 2.05) is 24.3 Å². The number of hydrogen-bond acceptors (Lipinski definition) is 17. The summed E-state index contributed by atoms with van der Waals surface area (Å²) in [6.07, 6.45) is -1.82. The number of carbonyl (C=O) groups excluding carboxylic acids is 1. The number of phenols is 2. The molecule has 0 saturated heterocycles. The van der Waals surface area contributed by atoms with Crippen LogP contribution < -0.4 is 31.9 Å². The molecule has 9 rings (SSSR count). The molecule has 0 aliphatic rings. The monoisotopic (exact) mass is 1100 g/mol. The van der Waals surface area contributed by atoms with Crippen LogP contribution in [-0.2, 0) is 40.5 Å². The topological polar surface area (TPSA) is 359 Å². The molecule has 9 aromatic rings. The molecular formula is C49H40N6O16S4. The molecule has 1 atom stereocenters. The molecule has 1 amide bonds. The molecule has 0 saturated carbocycles. The van der Waals surface area contributed by atoms with Crippen LogP contribution in [-0.4, -0.2) is 80.2 Å². The summed E-state index contributed by atoms with van der Waals surface area (Å²) in [6, 6.07) is 34.4. The molecule has 0 spiro atoms. The number of hydrogen-bond donors (Lipinski definition) is 12. The first-order valence-corrected chi connectivity index (χ1v) is 27.4. The number of nitrogens with zero attached hydrogens (tertiary/aromatic N) is 1. The molecule has 9 aromatic carbocycles. The number of aliphatic hydroxyl groups is 1. The zero-order valence-corrected chi connectivity index (χ0v) is 41.6. The van der Waals surface area contributed by atoms with Crippen molar-refractivity contribution in [2.45, 2.75) is 25.8 Å². The number of phenolic OH excluding ortho intramolecular Hbond substituents is 2. The van der Waals surface area contributed by atoms with Crippen molar-refractivity contribution in [1.82, 2.24) is 0 Å². The maximum atomic E-state index is 13.9. The van der Waals surface area contributed by atoms with Gasteiger partial charge in [0.05, 0.1) is 26.9 Å². The fourth-order valence-corrected chi connectivity index (χ4v) is 11.0. The van der Waals surface area contributed by atoms with Crippen LogP contribution in [0.3, 0.4) is 0 Å². The van der Waals surface area contributed by atoms with Gasteiger partial charge in [0.2, 0.25) is 0 Å². The van der Waals surface area contributed by atoms with Crippen LogP contribution in [0.4, 0.5) is 34.1 Å². The van der Waals surface area contributed by atoms with Crippen molar-refractivity contribution < 1.29 is 72.0 Å². The van der Waals surface area contributed by atoms with E-state index in [0.29, 0.717) is 22.1 Å². The van der Waals surface area contributed by atoms with Gasteiger partial charge in [0, 0.05) is 45.4 Å². The van der Waals surface area contributed by atoms with Crippen LogP contribution in [0.25, 0.3) is 43.1 Å². The van der Waals surface area contributed by atoms with Crippen LogP contribution in [0.2, 0.25) is 0 Å². The summed E-state index contributed by atoms with van der Waals surface area (Å²) in [5.41, 5.74) is 6.84. The number of aromatic hydroxyl groups is 2. The van der Waals surface area contributed by atoms with E-state index in [0.717, 1.165) is 47.2 Å². The highest BCUT2D eigenvalue weighted by Crippen LogP contribution is 2.46. The third-order valence-electron chi connectivity index (χ3n) is 12.0. The molecule has 386 valence electrons. The second-order valence-corrected chi connectivity index (χ2v) is 22.4. The zero-order chi connectivity index (χ0) is 53.9.